The number of aryl methyl sites for hydroxylation is 2. The van der Waals surface area contributed by atoms with Crippen molar-refractivity contribution in [2.24, 2.45) is 0 Å². The summed E-state index contributed by atoms with van der Waals surface area (Å²) in [4.78, 5) is 26.1. The first-order chi connectivity index (χ1) is 14.8. The molecule has 0 fully saturated rings. The molecule has 0 saturated carbocycles. The highest BCUT2D eigenvalue weighted by Gasteiger charge is 2.20. The number of fused-ring (bicyclic) bond motifs is 1. The monoisotopic (exact) mass is 459 g/mol. The molecule has 2 aromatic carbocycles. The molecule has 31 heavy (non-hydrogen) atoms. The molecule has 0 saturated heterocycles. The highest BCUT2D eigenvalue weighted by molar-refractivity contribution is 7.92. The number of benzene rings is 2. The quantitative estimate of drug-likeness (QED) is 0.510. The molecule has 2 amide bonds. The zero-order chi connectivity index (χ0) is 22.0. The number of amides is 2. The van der Waals surface area contributed by atoms with Crippen molar-refractivity contribution < 1.29 is 22.4 Å². The van der Waals surface area contributed by atoms with Crippen molar-refractivity contribution in [3.05, 3.63) is 81.3 Å². The Morgan fingerprint density at radius 2 is 1.65 bits per heavy atom. The number of rotatable bonds is 5. The number of hydrogen-bond donors (Lipinski definition) is 3. The van der Waals surface area contributed by atoms with Gasteiger partial charge in [0.05, 0.1) is 15.5 Å². The molecule has 1 heterocycles. The van der Waals surface area contributed by atoms with Crippen LogP contribution < -0.4 is 15.6 Å². The minimum absolute atomic E-state index is 0.135. The van der Waals surface area contributed by atoms with Gasteiger partial charge in [-0.3, -0.25) is 25.2 Å². The van der Waals surface area contributed by atoms with Crippen molar-refractivity contribution >= 4 is 38.9 Å². The summed E-state index contributed by atoms with van der Waals surface area (Å²) in [5, 5.41) is 0. The largest absolute Gasteiger partial charge is 0.279 e. The summed E-state index contributed by atoms with van der Waals surface area (Å²) in [5.74, 6) is -1.70. The van der Waals surface area contributed by atoms with Gasteiger partial charge in [0.1, 0.15) is 5.82 Å². The second kappa shape index (κ2) is 8.48. The molecule has 0 spiro atoms. The van der Waals surface area contributed by atoms with E-state index in [1.165, 1.54) is 64.2 Å². The first-order valence-corrected chi connectivity index (χ1v) is 11.7. The highest BCUT2D eigenvalue weighted by atomic mass is 32.2. The second-order valence-electron chi connectivity index (χ2n) is 6.93. The number of hydrogen-bond acceptors (Lipinski definition) is 5. The number of halogens is 1. The maximum absolute atomic E-state index is 13.7. The van der Waals surface area contributed by atoms with E-state index < -0.39 is 27.7 Å². The number of nitrogens with one attached hydrogen (secondary N) is 3. The number of para-hydroxylation sites is 1. The lowest BCUT2D eigenvalue weighted by Gasteiger charge is -2.10. The van der Waals surface area contributed by atoms with Gasteiger partial charge in [0, 0.05) is 10.4 Å². The van der Waals surface area contributed by atoms with Gasteiger partial charge in [0.2, 0.25) is 0 Å². The van der Waals surface area contributed by atoms with E-state index in [0.717, 1.165) is 25.3 Å². The number of carbonyl (C=O) groups excluding carboxylic acids is 2. The van der Waals surface area contributed by atoms with Crippen LogP contribution in [0.15, 0.2) is 59.5 Å². The van der Waals surface area contributed by atoms with Crippen LogP contribution in [0.4, 0.5) is 10.1 Å². The van der Waals surface area contributed by atoms with Crippen LogP contribution in [0.5, 0.6) is 0 Å². The summed E-state index contributed by atoms with van der Waals surface area (Å²) in [6.07, 6.45) is 3.04. The molecule has 1 aromatic heterocycles. The van der Waals surface area contributed by atoms with Crippen molar-refractivity contribution in [1.29, 1.82) is 0 Å². The van der Waals surface area contributed by atoms with Gasteiger partial charge in [-0.05, 0) is 67.3 Å². The van der Waals surface area contributed by atoms with E-state index in [9.17, 15) is 22.4 Å². The summed E-state index contributed by atoms with van der Waals surface area (Å²) in [6, 6.07) is 12.3. The van der Waals surface area contributed by atoms with Crippen molar-refractivity contribution in [3.8, 4) is 0 Å². The summed E-state index contributed by atoms with van der Waals surface area (Å²) >= 11 is 1.42. The topological polar surface area (TPSA) is 104 Å². The third kappa shape index (κ3) is 4.59. The third-order valence-corrected chi connectivity index (χ3v) is 7.42. The van der Waals surface area contributed by atoms with Gasteiger partial charge in [-0.2, -0.15) is 0 Å². The zero-order valence-electron chi connectivity index (χ0n) is 16.1. The van der Waals surface area contributed by atoms with Crippen molar-refractivity contribution in [3.63, 3.8) is 0 Å². The van der Waals surface area contributed by atoms with Gasteiger partial charge in [0.25, 0.3) is 21.8 Å². The van der Waals surface area contributed by atoms with Crippen LogP contribution in [0.1, 0.15) is 36.9 Å². The Kier molecular flexibility index (Phi) is 5.75. The van der Waals surface area contributed by atoms with E-state index in [1.54, 1.807) is 0 Å². The molecule has 0 bridgehead atoms. The summed E-state index contributed by atoms with van der Waals surface area (Å²) in [7, 11) is -4.03. The average Bonchev–Trinajstić information content (AvgIpc) is 3.36. The standard InChI is InChI=1S/C21H18FN3O4S2/c22-16-5-1-2-6-17(16)25-31(28,29)15-10-8-13(9-11-15)20(26)23-24-21(27)19-12-14-4-3-7-18(14)30-19/h1-2,5-6,8-12,25H,3-4,7H2,(H,23,26)(H,24,27). The average molecular weight is 460 g/mol. The lowest BCUT2D eigenvalue weighted by molar-refractivity contribution is 0.0849. The van der Waals surface area contributed by atoms with Gasteiger partial charge >= 0.3 is 0 Å². The molecule has 0 radical (unpaired) electrons. The Morgan fingerprint density at radius 3 is 2.35 bits per heavy atom. The Hall–Kier alpha value is -3.24. The molecule has 3 aromatic rings. The van der Waals surface area contributed by atoms with Crippen LogP contribution in [0.2, 0.25) is 0 Å². The van der Waals surface area contributed by atoms with Crippen LogP contribution in [0, 0.1) is 5.82 Å². The summed E-state index contributed by atoms with van der Waals surface area (Å²) in [5.41, 5.74) is 5.85. The fraction of sp³-hybridized carbons (Fsp3) is 0.143. The summed E-state index contributed by atoms with van der Waals surface area (Å²) in [6.45, 7) is 0. The fourth-order valence-electron chi connectivity index (χ4n) is 3.22. The molecule has 0 aliphatic heterocycles. The van der Waals surface area contributed by atoms with Crippen molar-refractivity contribution in [2.45, 2.75) is 24.2 Å². The highest BCUT2D eigenvalue weighted by Crippen LogP contribution is 2.30. The Bertz CT molecular complexity index is 1230. The van der Waals surface area contributed by atoms with Crippen LogP contribution in [-0.4, -0.2) is 20.2 Å². The first-order valence-electron chi connectivity index (χ1n) is 9.43. The molecule has 4 rings (SSSR count). The number of thiophene rings is 1. The Balaban J connectivity index is 1.38. The normalized spacial score (nSPS) is 12.8. The van der Waals surface area contributed by atoms with E-state index in [2.05, 4.69) is 15.6 Å². The SMILES string of the molecule is O=C(NNC(=O)c1cc2c(s1)CCC2)c1ccc(S(=O)(=O)Nc2ccccc2F)cc1. The van der Waals surface area contributed by atoms with Crippen LogP contribution in [0.25, 0.3) is 0 Å². The maximum atomic E-state index is 13.7. The predicted molar refractivity (Wildman–Crippen MR) is 115 cm³/mol. The van der Waals surface area contributed by atoms with Gasteiger partial charge in [-0.1, -0.05) is 12.1 Å². The van der Waals surface area contributed by atoms with Crippen LogP contribution in [0.3, 0.4) is 0 Å². The minimum Gasteiger partial charge on any atom is -0.277 e. The molecule has 10 heteroatoms. The van der Waals surface area contributed by atoms with E-state index in [-0.39, 0.29) is 16.1 Å². The third-order valence-electron chi connectivity index (χ3n) is 4.80. The van der Waals surface area contributed by atoms with Crippen molar-refractivity contribution in [2.75, 3.05) is 4.72 Å². The zero-order valence-corrected chi connectivity index (χ0v) is 17.8. The number of hydrazine groups is 1. The number of sulfonamides is 1. The van der Waals surface area contributed by atoms with Gasteiger partial charge in [0.15, 0.2) is 0 Å². The van der Waals surface area contributed by atoms with Gasteiger partial charge < -0.3 is 0 Å². The molecule has 1 aliphatic rings. The van der Waals surface area contributed by atoms with Crippen LogP contribution >= 0.6 is 11.3 Å². The molecular weight excluding hydrogens is 441 g/mol. The Labute approximate surface area is 182 Å². The first kappa shape index (κ1) is 21.0. The van der Waals surface area contributed by atoms with Gasteiger partial charge in [-0.15, -0.1) is 11.3 Å². The van der Waals surface area contributed by atoms with E-state index in [0.29, 0.717) is 4.88 Å². The lowest BCUT2D eigenvalue weighted by Crippen LogP contribution is -2.41. The predicted octanol–water partition coefficient (Wildman–Crippen LogP) is 3.25. The Morgan fingerprint density at radius 1 is 0.935 bits per heavy atom. The lowest BCUT2D eigenvalue weighted by atomic mass is 10.2. The molecule has 7 nitrogen and oxygen atoms in total. The molecule has 0 unspecified atom stereocenters. The number of carbonyl (C=O) groups is 2. The maximum Gasteiger partial charge on any atom is 0.279 e. The van der Waals surface area contributed by atoms with E-state index >= 15 is 0 Å². The summed E-state index contributed by atoms with van der Waals surface area (Å²) < 4.78 is 40.7. The van der Waals surface area contributed by atoms with E-state index in [4.69, 9.17) is 0 Å². The number of anilines is 1. The molecule has 160 valence electrons. The fourth-order valence-corrected chi connectivity index (χ4v) is 5.44. The van der Waals surface area contributed by atoms with Gasteiger partial charge in [-0.25, -0.2) is 12.8 Å². The van der Waals surface area contributed by atoms with E-state index in [1.807, 2.05) is 6.07 Å². The molecule has 1 aliphatic carbocycles. The van der Waals surface area contributed by atoms with Crippen LogP contribution in [-0.2, 0) is 22.9 Å². The molecule has 3 N–H and O–H groups in total. The smallest absolute Gasteiger partial charge is 0.277 e. The van der Waals surface area contributed by atoms with Crippen molar-refractivity contribution in [1.82, 2.24) is 10.9 Å². The minimum atomic E-state index is -4.03. The molecule has 0 atom stereocenters. The second-order valence-corrected chi connectivity index (χ2v) is 9.75. The molecular formula is C21H18FN3O4S2.